The molecule has 0 unspecified atom stereocenters. The van der Waals surface area contributed by atoms with E-state index in [1.807, 2.05) is 6.07 Å². The maximum absolute atomic E-state index is 14.5. The third kappa shape index (κ3) is 5.42. The zero-order chi connectivity index (χ0) is 28.6. The number of carbonyl (C=O) groups is 1. The maximum Gasteiger partial charge on any atom is 0.418 e. The molecule has 204 valence electrons. The molecule has 4 nitrogen and oxygen atoms in total. The number of nitrogens with zero attached hydrogens (tertiary/aromatic N) is 2. The average molecular weight is 554 g/mol. The molecule has 0 spiro atoms. The quantitative estimate of drug-likeness (QED) is 0.210. The lowest BCUT2D eigenvalue weighted by Gasteiger charge is -2.12. The van der Waals surface area contributed by atoms with Crippen molar-refractivity contribution in [3.63, 3.8) is 0 Å². The number of hydrogen-bond donors (Lipinski definition) is 1. The summed E-state index contributed by atoms with van der Waals surface area (Å²) in [6.07, 6.45) is -3.75. The van der Waals surface area contributed by atoms with Gasteiger partial charge in [-0.15, -0.1) is 0 Å². The van der Waals surface area contributed by atoms with Crippen LogP contribution in [0.4, 0.5) is 26.3 Å². The molecule has 10 heteroatoms. The minimum absolute atomic E-state index is 0.129. The van der Waals surface area contributed by atoms with Gasteiger partial charge >= 0.3 is 12.1 Å². The van der Waals surface area contributed by atoms with Gasteiger partial charge in [0.05, 0.1) is 23.4 Å². The number of halogens is 6. The van der Waals surface area contributed by atoms with E-state index in [2.05, 4.69) is 5.10 Å². The van der Waals surface area contributed by atoms with Crippen molar-refractivity contribution in [2.24, 2.45) is 0 Å². The van der Waals surface area contributed by atoms with E-state index in [9.17, 15) is 36.2 Å². The van der Waals surface area contributed by atoms with Gasteiger partial charge in [-0.1, -0.05) is 42.5 Å². The highest BCUT2D eigenvalue weighted by Gasteiger charge is 2.34. The Morgan fingerprint density at radius 3 is 2.10 bits per heavy atom. The molecular formula is C30H20F6N2O2. The third-order valence-electron chi connectivity index (χ3n) is 6.57. The van der Waals surface area contributed by atoms with E-state index in [1.54, 1.807) is 36.4 Å². The van der Waals surface area contributed by atoms with Gasteiger partial charge in [0.25, 0.3) is 0 Å². The minimum Gasteiger partial charge on any atom is -0.478 e. The molecule has 0 aliphatic carbocycles. The van der Waals surface area contributed by atoms with Crippen LogP contribution in [0, 0.1) is 17.5 Å². The standard InChI is InChI=1S/C30H20F6N2O2/c31-21-14-25(32)23(26(33)15-21)16-38-28(22-8-3-9-24(27(22)37-38)30(34,35)36)19-6-1-4-17(12-19)10-11-18-5-2-7-20(13-18)29(39)40/h1-9,12-15H,10-11,16H2,(H,39,40). The summed E-state index contributed by atoms with van der Waals surface area (Å²) in [6, 6.07) is 18.0. The van der Waals surface area contributed by atoms with Crippen LogP contribution < -0.4 is 0 Å². The molecule has 0 atom stereocenters. The average Bonchev–Trinajstić information content (AvgIpc) is 3.27. The van der Waals surface area contributed by atoms with E-state index in [1.165, 1.54) is 18.2 Å². The Labute approximate surface area is 224 Å². The summed E-state index contributed by atoms with van der Waals surface area (Å²) in [7, 11) is 0. The normalized spacial score (nSPS) is 11.8. The molecular weight excluding hydrogens is 534 g/mol. The van der Waals surface area contributed by atoms with Gasteiger partial charge in [-0.25, -0.2) is 18.0 Å². The Morgan fingerprint density at radius 1 is 0.825 bits per heavy atom. The van der Waals surface area contributed by atoms with Crippen LogP contribution in [0.3, 0.4) is 0 Å². The number of rotatable bonds is 7. The largest absolute Gasteiger partial charge is 0.478 e. The number of aromatic carboxylic acids is 1. The summed E-state index contributed by atoms with van der Waals surface area (Å²) in [5.41, 5.74) is 0.479. The van der Waals surface area contributed by atoms with Crippen LogP contribution in [0.15, 0.2) is 78.9 Å². The molecule has 0 saturated carbocycles. The number of aryl methyl sites for hydroxylation is 2. The summed E-state index contributed by atoms with van der Waals surface area (Å²) >= 11 is 0. The summed E-state index contributed by atoms with van der Waals surface area (Å²) in [6.45, 7) is -0.578. The fourth-order valence-electron chi connectivity index (χ4n) is 4.70. The monoisotopic (exact) mass is 554 g/mol. The lowest BCUT2D eigenvalue weighted by atomic mass is 9.99. The minimum atomic E-state index is -4.73. The Morgan fingerprint density at radius 2 is 1.45 bits per heavy atom. The zero-order valence-corrected chi connectivity index (χ0v) is 20.6. The topological polar surface area (TPSA) is 55.1 Å². The van der Waals surface area contributed by atoms with Gasteiger partial charge < -0.3 is 5.11 Å². The van der Waals surface area contributed by atoms with E-state index >= 15 is 0 Å². The molecule has 0 amide bonds. The number of aromatic nitrogens is 2. The molecule has 0 saturated heterocycles. The molecule has 0 radical (unpaired) electrons. The highest BCUT2D eigenvalue weighted by Crippen LogP contribution is 2.38. The number of benzene rings is 4. The molecule has 1 N–H and O–H groups in total. The molecule has 0 aliphatic rings. The van der Waals surface area contributed by atoms with Gasteiger partial charge in [0, 0.05) is 28.6 Å². The molecule has 0 bridgehead atoms. The fourth-order valence-corrected chi connectivity index (χ4v) is 4.70. The van der Waals surface area contributed by atoms with Crippen molar-refractivity contribution in [3.05, 3.63) is 124 Å². The van der Waals surface area contributed by atoms with E-state index in [4.69, 9.17) is 0 Å². The van der Waals surface area contributed by atoms with Gasteiger partial charge in [0.1, 0.15) is 23.0 Å². The molecule has 5 aromatic rings. The van der Waals surface area contributed by atoms with Crippen molar-refractivity contribution in [1.82, 2.24) is 9.78 Å². The number of carboxylic acids is 1. The Hall–Kier alpha value is -4.60. The van der Waals surface area contributed by atoms with Gasteiger partial charge in [0.2, 0.25) is 0 Å². The first kappa shape index (κ1) is 27.0. The number of fused-ring (bicyclic) bond motifs is 1. The van der Waals surface area contributed by atoms with Crippen molar-refractivity contribution in [2.45, 2.75) is 25.6 Å². The second-order valence-corrected chi connectivity index (χ2v) is 9.26. The SMILES string of the molecule is O=C(O)c1cccc(CCc2cccc(-c3c4cccc(C(F)(F)F)c4nn3Cc3c(F)cc(F)cc3F)c2)c1. The lowest BCUT2D eigenvalue weighted by Crippen LogP contribution is -2.09. The highest BCUT2D eigenvalue weighted by molar-refractivity contribution is 5.95. The molecule has 1 heterocycles. The van der Waals surface area contributed by atoms with Gasteiger partial charge in [-0.2, -0.15) is 18.3 Å². The van der Waals surface area contributed by atoms with E-state index in [0.29, 0.717) is 30.5 Å². The summed E-state index contributed by atoms with van der Waals surface area (Å²) in [5.74, 6) is -4.53. The summed E-state index contributed by atoms with van der Waals surface area (Å²) in [4.78, 5) is 11.3. The smallest absolute Gasteiger partial charge is 0.418 e. The summed E-state index contributed by atoms with van der Waals surface area (Å²) < 4.78 is 85.1. The Balaban J connectivity index is 1.59. The van der Waals surface area contributed by atoms with Gasteiger partial charge in [0.15, 0.2) is 0 Å². The van der Waals surface area contributed by atoms with Crippen LogP contribution in [-0.2, 0) is 25.6 Å². The maximum atomic E-state index is 14.5. The zero-order valence-electron chi connectivity index (χ0n) is 20.6. The predicted molar refractivity (Wildman–Crippen MR) is 136 cm³/mol. The molecule has 0 aliphatic heterocycles. The number of alkyl halides is 3. The first-order chi connectivity index (χ1) is 19.0. The third-order valence-corrected chi connectivity index (χ3v) is 6.57. The van der Waals surface area contributed by atoms with Crippen LogP contribution in [0.5, 0.6) is 0 Å². The first-order valence-electron chi connectivity index (χ1n) is 12.1. The van der Waals surface area contributed by atoms with Crippen molar-refractivity contribution in [3.8, 4) is 11.3 Å². The molecule has 5 rings (SSSR count). The van der Waals surface area contributed by atoms with Gasteiger partial charge in [-0.05, 0) is 48.2 Å². The number of carboxylic acid groups (broad SMARTS) is 1. The van der Waals surface area contributed by atoms with E-state index in [0.717, 1.165) is 21.9 Å². The highest BCUT2D eigenvalue weighted by atomic mass is 19.4. The van der Waals surface area contributed by atoms with Crippen LogP contribution in [0.2, 0.25) is 0 Å². The number of hydrogen-bond acceptors (Lipinski definition) is 2. The van der Waals surface area contributed by atoms with Crippen molar-refractivity contribution < 1.29 is 36.2 Å². The Bertz CT molecular complexity index is 1720. The van der Waals surface area contributed by atoms with Crippen molar-refractivity contribution in [2.75, 3.05) is 0 Å². The molecule has 0 fully saturated rings. The van der Waals surface area contributed by atoms with Gasteiger partial charge in [-0.3, -0.25) is 4.68 Å². The van der Waals surface area contributed by atoms with Crippen molar-refractivity contribution >= 4 is 16.9 Å². The molecule has 1 aromatic heterocycles. The van der Waals surface area contributed by atoms with Crippen LogP contribution >= 0.6 is 0 Å². The molecule has 40 heavy (non-hydrogen) atoms. The second kappa shape index (κ2) is 10.5. The van der Waals surface area contributed by atoms with E-state index < -0.39 is 47.3 Å². The van der Waals surface area contributed by atoms with Crippen LogP contribution in [0.25, 0.3) is 22.2 Å². The Kier molecular flexibility index (Phi) is 7.10. The van der Waals surface area contributed by atoms with E-state index in [-0.39, 0.29) is 22.2 Å². The van der Waals surface area contributed by atoms with Crippen LogP contribution in [0.1, 0.15) is 32.6 Å². The first-order valence-corrected chi connectivity index (χ1v) is 12.1. The second-order valence-electron chi connectivity index (χ2n) is 9.26. The summed E-state index contributed by atoms with van der Waals surface area (Å²) in [5, 5.41) is 13.5. The molecule has 4 aromatic carbocycles. The van der Waals surface area contributed by atoms with Crippen molar-refractivity contribution in [1.29, 1.82) is 0 Å². The lowest BCUT2D eigenvalue weighted by molar-refractivity contribution is -0.136. The fraction of sp³-hybridized carbons (Fsp3) is 0.133. The van der Waals surface area contributed by atoms with Crippen LogP contribution in [-0.4, -0.2) is 20.9 Å². The predicted octanol–water partition coefficient (Wildman–Crippen LogP) is 7.67.